The van der Waals surface area contributed by atoms with E-state index in [9.17, 15) is 13.2 Å². The van der Waals surface area contributed by atoms with Gasteiger partial charge in [-0.3, -0.25) is 0 Å². The highest BCUT2D eigenvalue weighted by Crippen LogP contribution is 2.37. The zero-order valence-corrected chi connectivity index (χ0v) is 14.2. The van der Waals surface area contributed by atoms with Crippen molar-refractivity contribution >= 4 is 14.5 Å². The summed E-state index contributed by atoms with van der Waals surface area (Å²) in [6.07, 6.45) is 4.48. The minimum atomic E-state index is -0.685. The van der Waals surface area contributed by atoms with Gasteiger partial charge in [-0.1, -0.05) is 41.1 Å². The van der Waals surface area contributed by atoms with Crippen LogP contribution in [0.3, 0.4) is 0 Å². The van der Waals surface area contributed by atoms with Gasteiger partial charge in [0.05, 0.1) is 0 Å². The van der Waals surface area contributed by atoms with Crippen molar-refractivity contribution in [2.24, 2.45) is 5.92 Å². The van der Waals surface area contributed by atoms with Gasteiger partial charge in [-0.25, -0.2) is 13.2 Å². The SMILES string of the molecule is CC1CCC(c2ccc(-c3cc(F)c(P)c(F)c3)c(F)c2)CC1. The fourth-order valence-corrected chi connectivity index (χ4v) is 3.52. The highest BCUT2D eigenvalue weighted by atomic mass is 31.0. The summed E-state index contributed by atoms with van der Waals surface area (Å²) in [5.74, 6) is -0.662. The van der Waals surface area contributed by atoms with Gasteiger partial charge in [0.15, 0.2) is 0 Å². The van der Waals surface area contributed by atoms with Crippen LogP contribution in [0.1, 0.15) is 44.1 Å². The average Bonchev–Trinajstić information content (AvgIpc) is 2.53. The summed E-state index contributed by atoms with van der Waals surface area (Å²) in [5, 5.41) is -0.123. The zero-order chi connectivity index (χ0) is 16.6. The predicted octanol–water partition coefficient (Wildman–Crippen LogP) is 5.57. The first-order valence-electron chi connectivity index (χ1n) is 8.00. The lowest BCUT2D eigenvalue weighted by Crippen LogP contribution is -2.11. The van der Waals surface area contributed by atoms with E-state index in [0.29, 0.717) is 5.92 Å². The highest BCUT2D eigenvalue weighted by molar-refractivity contribution is 7.27. The molecule has 1 fully saturated rings. The van der Waals surface area contributed by atoms with Crippen molar-refractivity contribution in [1.82, 2.24) is 0 Å². The van der Waals surface area contributed by atoms with Gasteiger partial charge in [0.1, 0.15) is 17.5 Å². The monoisotopic (exact) mass is 336 g/mol. The first-order valence-corrected chi connectivity index (χ1v) is 8.57. The maximum Gasteiger partial charge on any atom is 0.133 e. The van der Waals surface area contributed by atoms with Crippen molar-refractivity contribution in [2.45, 2.75) is 38.5 Å². The molecule has 122 valence electrons. The summed E-state index contributed by atoms with van der Waals surface area (Å²) < 4.78 is 41.8. The second-order valence-electron chi connectivity index (χ2n) is 6.55. The molecule has 2 aromatic rings. The topological polar surface area (TPSA) is 0 Å². The maximum atomic E-state index is 14.5. The van der Waals surface area contributed by atoms with E-state index in [1.165, 1.54) is 31.0 Å². The lowest BCUT2D eigenvalue weighted by Gasteiger charge is -2.26. The van der Waals surface area contributed by atoms with Crippen LogP contribution in [0.15, 0.2) is 30.3 Å². The summed E-state index contributed by atoms with van der Waals surface area (Å²) >= 11 is 0. The average molecular weight is 336 g/mol. The number of halogens is 3. The molecule has 0 amide bonds. The Morgan fingerprint density at radius 1 is 0.870 bits per heavy atom. The smallest absolute Gasteiger partial charge is 0.133 e. The van der Waals surface area contributed by atoms with E-state index in [-0.39, 0.29) is 16.4 Å². The van der Waals surface area contributed by atoms with Gasteiger partial charge in [-0.05, 0) is 54.0 Å². The van der Waals surface area contributed by atoms with Crippen LogP contribution in [0, 0.1) is 23.4 Å². The van der Waals surface area contributed by atoms with E-state index in [0.717, 1.165) is 24.3 Å². The molecular weight excluding hydrogens is 316 g/mol. The van der Waals surface area contributed by atoms with Crippen LogP contribution in [-0.2, 0) is 0 Å². The van der Waals surface area contributed by atoms with E-state index in [4.69, 9.17) is 0 Å². The molecular formula is C19H20F3P. The predicted molar refractivity (Wildman–Crippen MR) is 91.5 cm³/mol. The van der Waals surface area contributed by atoms with Crippen molar-refractivity contribution in [3.8, 4) is 11.1 Å². The van der Waals surface area contributed by atoms with E-state index >= 15 is 0 Å². The maximum absolute atomic E-state index is 14.5. The van der Waals surface area contributed by atoms with Crippen LogP contribution in [0.25, 0.3) is 11.1 Å². The molecule has 1 aliphatic carbocycles. The van der Waals surface area contributed by atoms with Gasteiger partial charge in [-0.15, -0.1) is 0 Å². The molecule has 23 heavy (non-hydrogen) atoms. The van der Waals surface area contributed by atoms with Crippen molar-refractivity contribution in [3.05, 3.63) is 53.3 Å². The quantitative estimate of drug-likeness (QED) is 0.629. The highest BCUT2D eigenvalue weighted by Gasteiger charge is 2.21. The van der Waals surface area contributed by atoms with Crippen molar-refractivity contribution in [2.75, 3.05) is 0 Å². The summed E-state index contributed by atoms with van der Waals surface area (Å²) in [4.78, 5) is 0. The van der Waals surface area contributed by atoms with E-state index < -0.39 is 17.5 Å². The minimum Gasteiger partial charge on any atom is -0.206 e. The molecule has 1 atom stereocenters. The Labute approximate surface area is 137 Å². The number of rotatable bonds is 2. The fraction of sp³-hybridized carbons (Fsp3) is 0.368. The van der Waals surface area contributed by atoms with Gasteiger partial charge in [-0.2, -0.15) is 0 Å². The van der Waals surface area contributed by atoms with Crippen LogP contribution in [-0.4, -0.2) is 0 Å². The Balaban J connectivity index is 1.91. The Morgan fingerprint density at radius 2 is 1.48 bits per heavy atom. The Bertz CT molecular complexity index is 696. The van der Waals surface area contributed by atoms with Crippen LogP contribution in [0.4, 0.5) is 13.2 Å². The molecule has 0 N–H and O–H groups in total. The van der Waals surface area contributed by atoms with Crippen molar-refractivity contribution < 1.29 is 13.2 Å². The molecule has 0 aliphatic heterocycles. The van der Waals surface area contributed by atoms with Crippen LogP contribution < -0.4 is 5.30 Å². The third-order valence-electron chi connectivity index (χ3n) is 4.87. The molecule has 3 rings (SSSR count). The third-order valence-corrected chi connectivity index (χ3v) is 5.42. The second-order valence-corrected chi connectivity index (χ2v) is 7.13. The van der Waals surface area contributed by atoms with Gasteiger partial charge in [0.25, 0.3) is 0 Å². The molecule has 0 aromatic heterocycles. The summed E-state index contributed by atoms with van der Waals surface area (Å²) in [5.41, 5.74) is 1.45. The normalized spacial score (nSPS) is 21.4. The third kappa shape index (κ3) is 3.45. The van der Waals surface area contributed by atoms with Gasteiger partial charge < -0.3 is 0 Å². The Hall–Kier alpha value is -1.34. The summed E-state index contributed by atoms with van der Waals surface area (Å²) in [6, 6.07) is 7.40. The fourth-order valence-electron chi connectivity index (χ4n) is 3.35. The zero-order valence-electron chi connectivity index (χ0n) is 13.1. The summed E-state index contributed by atoms with van der Waals surface area (Å²) in [7, 11) is 2.02. The molecule has 1 aliphatic rings. The van der Waals surface area contributed by atoms with E-state index in [2.05, 4.69) is 6.92 Å². The van der Waals surface area contributed by atoms with Crippen LogP contribution >= 0.6 is 9.24 Å². The lowest BCUT2D eigenvalue weighted by molar-refractivity contribution is 0.347. The van der Waals surface area contributed by atoms with Crippen molar-refractivity contribution in [1.29, 1.82) is 0 Å². The standard InChI is InChI=1S/C19H20F3P/c1-11-2-4-12(5-3-11)13-6-7-15(16(20)8-13)14-9-17(21)19(23)18(22)10-14/h6-12H,2-5,23H2,1H3. The van der Waals surface area contributed by atoms with Gasteiger partial charge in [0.2, 0.25) is 0 Å². The van der Waals surface area contributed by atoms with Crippen LogP contribution in [0.2, 0.25) is 0 Å². The molecule has 0 radical (unpaired) electrons. The Kier molecular flexibility index (Phi) is 4.77. The van der Waals surface area contributed by atoms with Crippen LogP contribution in [0.5, 0.6) is 0 Å². The van der Waals surface area contributed by atoms with E-state index in [1.54, 1.807) is 6.07 Å². The largest absolute Gasteiger partial charge is 0.206 e. The van der Waals surface area contributed by atoms with Crippen molar-refractivity contribution in [3.63, 3.8) is 0 Å². The number of hydrogen-bond acceptors (Lipinski definition) is 0. The molecule has 0 bridgehead atoms. The first-order chi connectivity index (χ1) is 11.0. The molecule has 0 spiro atoms. The molecule has 4 heteroatoms. The van der Waals surface area contributed by atoms with Gasteiger partial charge in [0, 0.05) is 10.9 Å². The number of hydrogen-bond donors (Lipinski definition) is 0. The van der Waals surface area contributed by atoms with E-state index in [1.807, 2.05) is 15.3 Å². The first kappa shape index (κ1) is 16.5. The molecule has 0 nitrogen and oxygen atoms in total. The molecule has 1 unspecified atom stereocenters. The lowest BCUT2D eigenvalue weighted by atomic mass is 9.79. The Morgan fingerprint density at radius 3 is 2.04 bits per heavy atom. The minimum absolute atomic E-state index is 0.123. The molecule has 0 saturated heterocycles. The summed E-state index contributed by atoms with van der Waals surface area (Å²) in [6.45, 7) is 2.25. The molecule has 1 saturated carbocycles. The second kappa shape index (κ2) is 6.65. The van der Waals surface area contributed by atoms with Gasteiger partial charge >= 0.3 is 0 Å². The number of benzene rings is 2. The molecule has 0 heterocycles. The molecule has 2 aromatic carbocycles.